The predicted octanol–water partition coefficient (Wildman–Crippen LogP) is 1.14. The van der Waals surface area contributed by atoms with Crippen LogP contribution in [-0.2, 0) is 14.2 Å². The summed E-state index contributed by atoms with van der Waals surface area (Å²) < 4.78 is 15.7. The van der Waals surface area contributed by atoms with Crippen molar-refractivity contribution in [1.82, 2.24) is 10.2 Å². The van der Waals surface area contributed by atoms with Gasteiger partial charge in [0.05, 0.1) is 18.8 Å². The maximum atomic E-state index is 11.8. The molecule has 0 spiro atoms. The molecule has 4 unspecified atom stereocenters. The Morgan fingerprint density at radius 3 is 2.04 bits per heavy atom. The average molecular weight is 433 g/mol. The van der Waals surface area contributed by atoms with Gasteiger partial charge in [-0.25, -0.2) is 4.79 Å². The van der Waals surface area contributed by atoms with Gasteiger partial charge >= 0.3 is 6.09 Å². The van der Waals surface area contributed by atoms with Crippen LogP contribution in [0, 0.1) is 0 Å². The molecule has 2 saturated heterocycles. The molecule has 1 amide bonds. The Balaban J connectivity index is 0. The molecule has 4 atom stereocenters. The molecule has 164 valence electrons. The van der Waals surface area contributed by atoms with Crippen molar-refractivity contribution in [2.75, 3.05) is 40.4 Å². The summed E-state index contributed by atoms with van der Waals surface area (Å²) in [5, 5.41) is 3.21. The molecule has 5 N–H and O–H groups in total. The van der Waals surface area contributed by atoms with Crippen LogP contribution in [0.4, 0.5) is 4.79 Å². The highest BCUT2D eigenvalue weighted by Crippen LogP contribution is 2.16. The third-order valence-electron chi connectivity index (χ3n) is 4.34. The summed E-state index contributed by atoms with van der Waals surface area (Å²) in [5.74, 6) is 0. The first-order valence-corrected chi connectivity index (χ1v) is 8.93. The average Bonchev–Trinajstić information content (AvgIpc) is 2.54. The highest BCUT2D eigenvalue weighted by Gasteiger charge is 2.31. The van der Waals surface area contributed by atoms with E-state index in [4.69, 9.17) is 25.7 Å². The molecule has 0 aromatic carbocycles. The van der Waals surface area contributed by atoms with E-state index in [0.717, 1.165) is 25.9 Å². The summed E-state index contributed by atoms with van der Waals surface area (Å²) in [6.07, 6.45) is 1.61. The van der Waals surface area contributed by atoms with Gasteiger partial charge in [0, 0.05) is 39.4 Å². The standard InChI is InChI=1S/C11H22N2O3.C6H14N2O.2ClH/c1-11(2,3)16-10(14)13-6-5-8(12)9(7-13)15-4;1-9-6-4-8-3-2-5(6)7;;/h8-9H,5-7,12H2,1-4H3;5-6,8H,2-4,7H2,1H3;2*1H. The molecule has 2 heterocycles. The molecule has 2 aliphatic rings. The molecule has 0 bridgehead atoms. The van der Waals surface area contributed by atoms with Crippen LogP contribution in [0.15, 0.2) is 0 Å². The fourth-order valence-corrected chi connectivity index (χ4v) is 2.78. The van der Waals surface area contributed by atoms with Gasteiger partial charge in [-0.1, -0.05) is 0 Å². The molecular weight excluding hydrogens is 395 g/mol. The molecule has 10 heteroatoms. The number of nitrogens with zero attached hydrogens (tertiary/aromatic N) is 1. The lowest BCUT2D eigenvalue weighted by atomic mass is 10.0. The van der Waals surface area contributed by atoms with Gasteiger partial charge in [-0.05, 0) is 40.2 Å². The maximum Gasteiger partial charge on any atom is 0.410 e. The number of rotatable bonds is 2. The monoisotopic (exact) mass is 432 g/mol. The molecule has 0 radical (unpaired) electrons. The van der Waals surface area contributed by atoms with Gasteiger partial charge in [-0.15, -0.1) is 24.8 Å². The third-order valence-corrected chi connectivity index (χ3v) is 4.34. The zero-order valence-corrected chi connectivity index (χ0v) is 18.7. The lowest BCUT2D eigenvalue weighted by Crippen LogP contribution is -2.53. The number of nitrogens with one attached hydrogen (secondary N) is 1. The minimum Gasteiger partial charge on any atom is -0.444 e. The van der Waals surface area contributed by atoms with Crippen molar-refractivity contribution in [3.8, 4) is 0 Å². The van der Waals surface area contributed by atoms with E-state index in [1.165, 1.54) is 0 Å². The highest BCUT2D eigenvalue weighted by molar-refractivity contribution is 5.85. The Morgan fingerprint density at radius 1 is 1.04 bits per heavy atom. The van der Waals surface area contributed by atoms with Crippen LogP contribution < -0.4 is 16.8 Å². The molecule has 0 aliphatic carbocycles. The van der Waals surface area contributed by atoms with Crippen LogP contribution in [0.2, 0.25) is 0 Å². The summed E-state index contributed by atoms with van der Waals surface area (Å²) in [6.45, 7) is 8.64. The Kier molecular flexibility index (Phi) is 14.7. The minimum absolute atomic E-state index is 0. The fraction of sp³-hybridized carbons (Fsp3) is 0.941. The van der Waals surface area contributed by atoms with Gasteiger partial charge in [0.2, 0.25) is 0 Å². The second-order valence-electron chi connectivity index (χ2n) is 7.58. The number of hydrogen-bond donors (Lipinski definition) is 3. The van der Waals surface area contributed by atoms with Crippen molar-refractivity contribution in [3.05, 3.63) is 0 Å². The Labute approximate surface area is 175 Å². The molecule has 2 aliphatic heterocycles. The predicted molar refractivity (Wildman–Crippen MR) is 112 cm³/mol. The number of amides is 1. The van der Waals surface area contributed by atoms with Crippen molar-refractivity contribution in [3.63, 3.8) is 0 Å². The summed E-state index contributed by atoms with van der Waals surface area (Å²) in [5.41, 5.74) is 11.1. The molecule has 0 saturated carbocycles. The summed E-state index contributed by atoms with van der Waals surface area (Å²) >= 11 is 0. The van der Waals surface area contributed by atoms with Crippen molar-refractivity contribution in [2.45, 2.75) is 63.5 Å². The van der Waals surface area contributed by atoms with Crippen molar-refractivity contribution in [2.24, 2.45) is 11.5 Å². The second kappa shape index (κ2) is 13.8. The molecular formula is C17H38Cl2N4O4. The largest absolute Gasteiger partial charge is 0.444 e. The van der Waals surface area contributed by atoms with E-state index in [2.05, 4.69) is 5.32 Å². The molecule has 0 aromatic rings. The lowest BCUT2D eigenvalue weighted by molar-refractivity contribution is -0.0126. The summed E-state index contributed by atoms with van der Waals surface area (Å²) in [4.78, 5) is 13.4. The summed E-state index contributed by atoms with van der Waals surface area (Å²) in [7, 11) is 3.32. The van der Waals surface area contributed by atoms with Gasteiger partial charge in [-0.2, -0.15) is 0 Å². The van der Waals surface area contributed by atoms with Gasteiger partial charge in [0.25, 0.3) is 0 Å². The van der Waals surface area contributed by atoms with E-state index >= 15 is 0 Å². The normalized spacial score (nSPS) is 28.0. The van der Waals surface area contributed by atoms with E-state index in [-0.39, 0.29) is 55.2 Å². The van der Waals surface area contributed by atoms with Crippen molar-refractivity contribution < 1.29 is 19.0 Å². The zero-order chi connectivity index (χ0) is 19.0. The number of halogens is 2. The molecule has 0 aromatic heterocycles. The topological polar surface area (TPSA) is 112 Å². The number of nitrogens with two attached hydrogens (primary N) is 2. The van der Waals surface area contributed by atoms with Gasteiger partial charge in [-0.3, -0.25) is 0 Å². The first kappa shape index (κ1) is 28.9. The van der Waals surface area contributed by atoms with Crippen LogP contribution in [-0.4, -0.2) is 81.3 Å². The number of ether oxygens (including phenoxy) is 3. The smallest absolute Gasteiger partial charge is 0.410 e. The Morgan fingerprint density at radius 2 is 1.59 bits per heavy atom. The molecule has 27 heavy (non-hydrogen) atoms. The number of methoxy groups -OCH3 is 2. The first-order chi connectivity index (χ1) is 11.7. The highest BCUT2D eigenvalue weighted by atomic mass is 35.5. The third kappa shape index (κ3) is 10.7. The maximum absolute atomic E-state index is 11.8. The van der Waals surface area contributed by atoms with E-state index in [0.29, 0.717) is 13.1 Å². The Bertz CT molecular complexity index is 413. The van der Waals surface area contributed by atoms with Gasteiger partial charge < -0.3 is 35.9 Å². The van der Waals surface area contributed by atoms with Crippen LogP contribution in [0.25, 0.3) is 0 Å². The van der Waals surface area contributed by atoms with Crippen LogP contribution in [0.3, 0.4) is 0 Å². The molecule has 8 nitrogen and oxygen atoms in total. The SMILES string of the molecule is COC1CN(C(=O)OC(C)(C)C)CCC1N.COC1CNCCC1N.Cl.Cl. The van der Waals surface area contributed by atoms with Crippen LogP contribution >= 0.6 is 24.8 Å². The van der Waals surface area contributed by atoms with Gasteiger partial charge in [0.1, 0.15) is 5.60 Å². The van der Waals surface area contributed by atoms with Crippen LogP contribution in [0.1, 0.15) is 33.6 Å². The van der Waals surface area contributed by atoms with E-state index in [9.17, 15) is 4.79 Å². The molecule has 2 fully saturated rings. The Hall–Kier alpha value is -0.350. The lowest BCUT2D eigenvalue weighted by Gasteiger charge is -2.36. The first-order valence-electron chi connectivity index (χ1n) is 8.93. The fourth-order valence-electron chi connectivity index (χ4n) is 2.78. The molecule has 2 rings (SSSR count). The minimum atomic E-state index is -0.459. The zero-order valence-electron chi connectivity index (χ0n) is 17.1. The van der Waals surface area contributed by atoms with E-state index < -0.39 is 5.60 Å². The quantitative estimate of drug-likeness (QED) is 0.599. The van der Waals surface area contributed by atoms with E-state index in [1.54, 1.807) is 19.1 Å². The van der Waals surface area contributed by atoms with Gasteiger partial charge in [0.15, 0.2) is 0 Å². The number of hydrogen-bond acceptors (Lipinski definition) is 7. The number of carbonyl (C=O) groups excluding carboxylic acids is 1. The van der Waals surface area contributed by atoms with Crippen molar-refractivity contribution >= 4 is 30.9 Å². The number of likely N-dealkylation sites (tertiary alicyclic amines) is 1. The number of piperidine rings is 2. The van der Waals surface area contributed by atoms with Crippen LogP contribution in [0.5, 0.6) is 0 Å². The van der Waals surface area contributed by atoms with Crippen molar-refractivity contribution in [1.29, 1.82) is 0 Å². The second-order valence-corrected chi connectivity index (χ2v) is 7.58. The van der Waals surface area contributed by atoms with E-state index in [1.807, 2.05) is 20.8 Å². The summed E-state index contributed by atoms with van der Waals surface area (Å²) in [6, 6.07) is 0.236. The number of carbonyl (C=O) groups is 1.